The second kappa shape index (κ2) is 6.94. The largest absolute Gasteiger partial charge is 0.363 e. The predicted molar refractivity (Wildman–Crippen MR) is 84.6 cm³/mol. The van der Waals surface area contributed by atoms with E-state index < -0.39 is 10.0 Å². The molecule has 1 aliphatic rings. The summed E-state index contributed by atoms with van der Waals surface area (Å²) >= 11 is 0. The van der Waals surface area contributed by atoms with Crippen molar-refractivity contribution < 1.29 is 8.42 Å². The van der Waals surface area contributed by atoms with Gasteiger partial charge in [0.05, 0.1) is 4.90 Å². The van der Waals surface area contributed by atoms with Crippen molar-refractivity contribution in [3.05, 3.63) is 18.0 Å². The molecule has 1 aromatic rings. The Balaban J connectivity index is 2.15. The van der Waals surface area contributed by atoms with Crippen molar-refractivity contribution in [3.63, 3.8) is 0 Å². The summed E-state index contributed by atoms with van der Waals surface area (Å²) in [5.41, 5.74) is 0.916. The lowest BCUT2D eigenvalue weighted by Crippen LogP contribution is -2.47. The van der Waals surface area contributed by atoms with Crippen LogP contribution in [0.4, 0.5) is 0 Å². The summed E-state index contributed by atoms with van der Waals surface area (Å²) in [7, 11) is -3.40. The Kier molecular flexibility index (Phi) is 5.46. The first kappa shape index (κ1) is 16.5. The van der Waals surface area contributed by atoms with Crippen LogP contribution in [-0.4, -0.2) is 36.3 Å². The molecule has 1 aliphatic heterocycles. The van der Waals surface area contributed by atoms with E-state index in [4.69, 9.17) is 0 Å². The maximum absolute atomic E-state index is 12.8. The SMILES string of the molecule is CCCNCc1cc(S(=O)(=O)N2C(C)CCCC2C)c[nH]1. The number of H-pyrrole nitrogens is 1. The number of nitrogens with one attached hydrogen (secondary N) is 2. The molecule has 0 saturated carbocycles. The van der Waals surface area contributed by atoms with Crippen LogP contribution in [-0.2, 0) is 16.6 Å². The normalized spacial score (nSPS) is 24.3. The van der Waals surface area contributed by atoms with Gasteiger partial charge < -0.3 is 10.3 Å². The molecule has 21 heavy (non-hydrogen) atoms. The second-order valence-electron chi connectivity index (χ2n) is 6.00. The highest BCUT2D eigenvalue weighted by molar-refractivity contribution is 7.89. The van der Waals surface area contributed by atoms with E-state index in [9.17, 15) is 8.42 Å². The molecule has 2 atom stereocenters. The predicted octanol–water partition coefficient (Wildman–Crippen LogP) is 2.47. The zero-order chi connectivity index (χ0) is 15.5. The standard InChI is InChI=1S/C15H27N3O2S/c1-4-8-16-10-14-9-15(11-17-14)21(19,20)18-12(2)6-5-7-13(18)3/h9,11-13,16-17H,4-8,10H2,1-3H3. The maximum Gasteiger partial charge on any atom is 0.245 e. The first-order chi connectivity index (χ1) is 9.96. The quantitative estimate of drug-likeness (QED) is 0.793. The zero-order valence-corrected chi connectivity index (χ0v) is 14.0. The molecule has 6 heteroatoms. The Morgan fingerprint density at radius 2 is 2.00 bits per heavy atom. The molecular weight excluding hydrogens is 286 g/mol. The Bertz CT molecular complexity index is 543. The van der Waals surface area contributed by atoms with Gasteiger partial charge in [0.25, 0.3) is 0 Å². The van der Waals surface area contributed by atoms with Crippen LogP contribution in [0.5, 0.6) is 0 Å². The number of rotatable bonds is 6. The van der Waals surface area contributed by atoms with E-state index in [1.165, 1.54) is 0 Å². The van der Waals surface area contributed by atoms with E-state index in [-0.39, 0.29) is 12.1 Å². The molecular formula is C15H27N3O2S. The number of aromatic amines is 1. The topological polar surface area (TPSA) is 65.2 Å². The third-order valence-corrected chi connectivity index (χ3v) is 6.25. The molecule has 2 N–H and O–H groups in total. The van der Waals surface area contributed by atoms with Crippen LogP contribution in [0.3, 0.4) is 0 Å². The highest BCUT2D eigenvalue weighted by Crippen LogP contribution is 2.29. The van der Waals surface area contributed by atoms with Crippen LogP contribution in [0.1, 0.15) is 52.1 Å². The molecule has 0 aromatic carbocycles. The van der Waals surface area contributed by atoms with Gasteiger partial charge >= 0.3 is 0 Å². The van der Waals surface area contributed by atoms with Gasteiger partial charge in [-0.25, -0.2) is 8.42 Å². The van der Waals surface area contributed by atoms with Crippen molar-refractivity contribution in [3.8, 4) is 0 Å². The monoisotopic (exact) mass is 313 g/mol. The minimum atomic E-state index is -3.40. The minimum absolute atomic E-state index is 0.0790. The summed E-state index contributed by atoms with van der Waals surface area (Å²) in [6.45, 7) is 7.72. The Morgan fingerprint density at radius 3 is 2.62 bits per heavy atom. The number of hydrogen-bond acceptors (Lipinski definition) is 3. The van der Waals surface area contributed by atoms with Gasteiger partial charge in [0.1, 0.15) is 0 Å². The molecule has 5 nitrogen and oxygen atoms in total. The summed E-state index contributed by atoms with van der Waals surface area (Å²) in [6.07, 6.45) is 5.67. The average molecular weight is 313 g/mol. The van der Waals surface area contributed by atoms with Crippen LogP contribution < -0.4 is 5.32 Å². The zero-order valence-electron chi connectivity index (χ0n) is 13.2. The summed E-state index contributed by atoms with van der Waals surface area (Å²) in [5, 5.41) is 3.27. The summed E-state index contributed by atoms with van der Waals surface area (Å²) in [6, 6.07) is 1.91. The van der Waals surface area contributed by atoms with Gasteiger partial charge in [0.15, 0.2) is 0 Å². The fourth-order valence-corrected chi connectivity index (χ4v) is 4.96. The molecule has 1 fully saturated rings. The molecule has 0 spiro atoms. The van der Waals surface area contributed by atoms with E-state index in [1.807, 2.05) is 13.8 Å². The van der Waals surface area contributed by atoms with Crippen LogP contribution in [0, 0.1) is 0 Å². The van der Waals surface area contributed by atoms with E-state index >= 15 is 0 Å². The Labute approximate surface area is 128 Å². The molecule has 1 saturated heterocycles. The van der Waals surface area contributed by atoms with E-state index in [2.05, 4.69) is 17.2 Å². The molecule has 0 amide bonds. The fourth-order valence-electron chi connectivity index (χ4n) is 3.06. The molecule has 0 radical (unpaired) electrons. The average Bonchev–Trinajstić information content (AvgIpc) is 2.88. The van der Waals surface area contributed by atoms with Gasteiger partial charge in [0.2, 0.25) is 10.0 Å². The first-order valence-corrected chi connectivity index (χ1v) is 9.32. The Morgan fingerprint density at radius 1 is 1.33 bits per heavy atom. The van der Waals surface area contributed by atoms with Gasteiger partial charge in [-0.2, -0.15) is 4.31 Å². The van der Waals surface area contributed by atoms with E-state index in [0.717, 1.165) is 37.9 Å². The first-order valence-electron chi connectivity index (χ1n) is 7.88. The van der Waals surface area contributed by atoms with Crippen LogP contribution >= 0.6 is 0 Å². The number of piperidine rings is 1. The molecule has 120 valence electrons. The lowest BCUT2D eigenvalue weighted by molar-refractivity contribution is 0.204. The van der Waals surface area contributed by atoms with Crippen molar-refractivity contribution in [2.45, 2.75) is 70.0 Å². The summed E-state index contributed by atoms with van der Waals surface area (Å²) < 4.78 is 27.4. The van der Waals surface area contributed by atoms with Crippen LogP contribution in [0.2, 0.25) is 0 Å². The van der Waals surface area contributed by atoms with Gasteiger partial charge in [-0.15, -0.1) is 0 Å². The highest BCUT2D eigenvalue weighted by Gasteiger charge is 2.36. The highest BCUT2D eigenvalue weighted by atomic mass is 32.2. The second-order valence-corrected chi connectivity index (χ2v) is 7.84. The molecule has 2 rings (SSSR count). The molecule has 0 aliphatic carbocycles. The molecule has 2 unspecified atom stereocenters. The molecule has 0 bridgehead atoms. The number of hydrogen-bond donors (Lipinski definition) is 2. The third-order valence-electron chi connectivity index (χ3n) is 4.15. The van der Waals surface area contributed by atoms with E-state index in [1.54, 1.807) is 16.6 Å². The fraction of sp³-hybridized carbons (Fsp3) is 0.733. The number of nitrogens with zero attached hydrogens (tertiary/aromatic N) is 1. The van der Waals surface area contributed by atoms with Crippen molar-refractivity contribution in [1.82, 2.24) is 14.6 Å². The van der Waals surface area contributed by atoms with Crippen molar-refractivity contribution >= 4 is 10.0 Å². The maximum atomic E-state index is 12.8. The van der Waals surface area contributed by atoms with Crippen molar-refractivity contribution in [2.75, 3.05) is 6.54 Å². The smallest absolute Gasteiger partial charge is 0.245 e. The summed E-state index contributed by atoms with van der Waals surface area (Å²) in [5.74, 6) is 0. The molecule has 1 aromatic heterocycles. The van der Waals surface area contributed by atoms with Crippen LogP contribution in [0.25, 0.3) is 0 Å². The molecule has 2 heterocycles. The lowest BCUT2D eigenvalue weighted by Gasteiger charge is -2.37. The van der Waals surface area contributed by atoms with E-state index in [0.29, 0.717) is 11.4 Å². The third kappa shape index (κ3) is 3.67. The lowest BCUT2D eigenvalue weighted by atomic mass is 10.0. The van der Waals surface area contributed by atoms with Gasteiger partial charge in [-0.1, -0.05) is 13.3 Å². The van der Waals surface area contributed by atoms with Gasteiger partial charge in [-0.3, -0.25) is 0 Å². The van der Waals surface area contributed by atoms with Gasteiger partial charge in [-0.05, 0) is 45.7 Å². The summed E-state index contributed by atoms with van der Waals surface area (Å²) in [4.78, 5) is 3.46. The van der Waals surface area contributed by atoms with Gasteiger partial charge in [0, 0.05) is 30.5 Å². The van der Waals surface area contributed by atoms with Crippen molar-refractivity contribution in [1.29, 1.82) is 0 Å². The number of aromatic nitrogens is 1. The number of sulfonamides is 1. The van der Waals surface area contributed by atoms with Crippen molar-refractivity contribution in [2.24, 2.45) is 0 Å². The Hall–Kier alpha value is -0.850. The van der Waals surface area contributed by atoms with Crippen LogP contribution in [0.15, 0.2) is 17.2 Å². The minimum Gasteiger partial charge on any atom is -0.363 e.